The number of benzene rings is 1. The van der Waals surface area contributed by atoms with E-state index in [1.54, 1.807) is 23.1 Å². The molecule has 0 aromatic heterocycles. The molecule has 13 heteroatoms. The third kappa shape index (κ3) is 5.34. The summed E-state index contributed by atoms with van der Waals surface area (Å²) in [7, 11) is -3.79. The molecule has 4 fully saturated rings. The molecule has 0 bridgehead atoms. The fraction of sp³-hybridized carbons (Fsp3) is 0.621. The van der Waals surface area contributed by atoms with E-state index in [0.717, 1.165) is 19.3 Å². The number of amides is 1. The van der Waals surface area contributed by atoms with Gasteiger partial charge in [0.15, 0.2) is 0 Å². The van der Waals surface area contributed by atoms with E-state index in [9.17, 15) is 13.2 Å². The van der Waals surface area contributed by atoms with E-state index in [4.69, 9.17) is 23.1 Å². The largest absolute Gasteiger partial charge is 0.356 e. The standard InChI is InChI=1S/C29H39ClF2N6O3S/c30-25-15-19(29(31,32)28-23-3-1-4-24(23)28)16-26(37(25)10-2-9-33)35-11-13-36(14-12-35)42(40,41)22-7-5-21(6-8-22)38-18-20(34)17-27(38)39/h5-8,15-16,20,23-25,28H,1-4,9-14,17-18,33-34H2/t20-,23?,24?,25?,28?/m1/s1. The lowest BCUT2D eigenvalue weighted by Gasteiger charge is -2.44. The number of halogens is 3. The molecule has 3 aliphatic heterocycles. The fourth-order valence-corrected chi connectivity index (χ4v) is 9.01. The Hall–Kier alpha value is -2.25. The van der Waals surface area contributed by atoms with E-state index in [0.29, 0.717) is 50.7 Å². The van der Waals surface area contributed by atoms with Crippen LogP contribution in [0.1, 0.15) is 32.1 Å². The minimum absolute atomic E-state index is 0.0338. The Labute approximate surface area is 251 Å². The molecule has 230 valence electrons. The zero-order valence-corrected chi connectivity index (χ0v) is 25.1. The molecule has 3 unspecified atom stereocenters. The van der Waals surface area contributed by atoms with Crippen molar-refractivity contribution in [2.45, 2.75) is 54.5 Å². The summed E-state index contributed by atoms with van der Waals surface area (Å²) in [6.45, 7) is 2.41. The number of rotatable bonds is 9. The Morgan fingerprint density at radius 2 is 1.71 bits per heavy atom. The molecule has 2 saturated carbocycles. The summed E-state index contributed by atoms with van der Waals surface area (Å²) in [6, 6.07) is 6.05. The van der Waals surface area contributed by atoms with Gasteiger partial charge in [0.25, 0.3) is 5.92 Å². The first-order valence-corrected chi connectivity index (χ1v) is 16.7. The molecule has 0 spiro atoms. The smallest absolute Gasteiger partial charge is 0.276 e. The van der Waals surface area contributed by atoms with Crippen LogP contribution in [0.2, 0.25) is 0 Å². The van der Waals surface area contributed by atoms with Crippen LogP contribution in [0.3, 0.4) is 0 Å². The molecular weight excluding hydrogens is 586 g/mol. The Bertz CT molecular complexity index is 1360. The van der Waals surface area contributed by atoms with Crippen molar-refractivity contribution >= 4 is 33.2 Å². The van der Waals surface area contributed by atoms with E-state index >= 15 is 8.78 Å². The first kappa shape index (κ1) is 29.8. The molecule has 2 saturated heterocycles. The third-order valence-electron chi connectivity index (χ3n) is 9.51. The maximum Gasteiger partial charge on any atom is 0.276 e. The summed E-state index contributed by atoms with van der Waals surface area (Å²) in [4.78, 5) is 17.7. The highest BCUT2D eigenvalue weighted by molar-refractivity contribution is 7.89. The van der Waals surface area contributed by atoms with Crippen LogP contribution in [0.5, 0.6) is 0 Å². The molecule has 2 aliphatic carbocycles. The van der Waals surface area contributed by atoms with Gasteiger partial charge in [0.2, 0.25) is 15.9 Å². The van der Waals surface area contributed by atoms with Gasteiger partial charge in [-0.05, 0) is 74.1 Å². The lowest BCUT2D eigenvalue weighted by molar-refractivity contribution is -0.117. The van der Waals surface area contributed by atoms with E-state index in [1.165, 1.54) is 22.5 Å². The maximum absolute atomic E-state index is 15.7. The molecule has 6 rings (SSSR count). The third-order valence-corrected chi connectivity index (χ3v) is 11.8. The maximum atomic E-state index is 15.7. The molecule has 4 atom stereocenters. The van der Waals surface area contributed by atoms with Crippen LogP contribution in [0.4, 0.5) is 14.5 Å². The number of hydrogen-bond donors (Lipinski definition) is 2. The Morgan fingerprint density at radius 1 is 1.05 bits per heavy atom. The van der Waals surface area contributed by atoms with Gasteiger partial charge in [-0.1, -0.05) is 18.0 Å². The normalized spacial score (nSPS) is 30.5. The second-order valence-electron chi connectivity index (χ2n) is 12.1. The lowest BCUT2D eigenvalue weighted by Crippen LogP contribution is -2.52. The number of anilines is 1. The van der Waals surface area contributed by atoms with Gasteiger partial charge in [-0.15, -0.1) is 0 Å². The molecule has 4 N–H and O–H groups in total. The second-order valence-corrected chi connectivity index (χ2v) is 14.5. The minimum atomic E-state index is -3.79. The highest BCUT2D eigenvalue weighted by Gasteiger charge is 2.65. The van der Waals surface area contributed by atoms with Crippen molar-refractivity contribution < 1.29 is 22.0 Å². The minimum Gasteiger partial charge on any atom is -0.356 e. The molecule has 42 heavy (non-hydrogen) atoms. The average molecular weight is 625 g/mol. The number of nitrogens with zero attached hydrogens (tertiary/aromatic N) is 4. The Kier molecular flexibility index (Phi) is 8.05. The fourth-order valence-electron chi connectivity index (χ4n) is 7.26. The van der Waals surface area contributed by atoms with Gasteiger partial charge in [-0.3, -0.25) is 4.79 Å². The monoisotopic (exact) mass is 624 g/mol. The Balaban J connectivity index is 1.16. The van der Waals surface area contributed by atoms with Crippen molar-refractivity contribution in [3.8, 4) is 0 Å². The number of hydrogen-bond acceptors (Lipinski definition) is 7. The zero-order chi connectivity index (χ0) is 29.8. The predicted octanol–water partition coefficient (Wildman–Crippen LogP) is 2.74. The highest BCUT2D eigenvalue weighted by atomic mass is 35.5. The van der Waals surface area contributed by atoms with E-state index < -0.39 is 27.4 Å². The van der Waals surface area contributed by atoms with Crippen LogP contribution in [-0.2, 0) is 14.8 Å². The number of sulfonamides is 1. The summed E-state index contributed by atoms with van der Waals surface area (Å²) in [5.41, 5.74) is 11.5. The van der Waals surface area contributed by atoms with Crippen molar-refractivity contribution in [3.05, 3.63) is 47.8 Å². The number of fused-ring (bicyclic) bond motifs is 1. The molecule has 9 nitrogen and oxygen atoms in total. The summed E-state index contributed by atoms with van der Waals surface area (Å²) in [6.07, 6.45) is 6.72. The summed E-state index contributed by atoms with van der Waals surface area (Å²) < 4.78 is 59.8. The highest BCUT2D eigenvalue weighted by Crippen LogP contribution is 2.65. The van der Waals surface area contributed by atoms with Crippen LogP contribution in [0.25, 0.3) is 0 Å². The topological polar surface area (TPSA) is 116 Å². The van der Waals surface area contributed by atoms with Crippen molar-refractivity contribution in [2.24, 2.45) is 29.2 Å². The molecular formula is C29H39ClF2N6O3S. The van der Waals surface area contributed by atoms with Gasteiger partial charge < -0.3 is 26.2 Å². The Morgan fingerprint density at radius 3 is 2.31 bits per heavy atom. The number of piperazine rings is 1. The molecule has 3 heterocycles. The summed E-state index contributed by atoms with van der Waals surface area (Å²) in [5, 5.41) is 0. The van der Waals surface area contributed by atoms with Gasteiger partial charge in [0, 0.05) is 68.9 Å². The van der Waals surface area contributed by atoms with Gasteiger partial charge in [0.1, 0.15) is 11.3 Å². The second kappa shape index (κ2) is 11.4. The van der Waals surface area contributed by atoms with Gasteiger partial charge in [-0.2, -0.15) is 4.31 Å². The van der Waals surface area contributed by atoms with Crippen molar-refractivity contribution in [3.63, 3.8) is 0 Å². The van der Waals surface area contributed by atoms with Crippen molar-refractivity contribution in [2.75, 3.05) is 50.7 Å². The number of alkyl halides is 3. The van der Waals surface area contributed by atoms with Crippen LogP contribution in [-0.4, -0.2) is 91.7 Å². The summed E-state index contributed by atoms with van der Waals surface area (Å²) in [5.74, 6) is -2.86. The molecule has 5 aliphatic rings. The molecule has 1 aromatic rings. The quantitative estimate of drug-likeness (QED) is 0.321. The SMILES string of the molecule is NCCCN1C(N2CCN(S(=O)(=O)c3ccc(N4C[C@H](N)CC4=O)cc3)CC2)=CC(C(F)(F)C2C3CCCC32)=CC1Cl. The molecule has 1 amide bonds. The van der Waals surface area contributed by atoms with Gasteiger partial charge in [0.05, 0.1) is 4.90 Å². The van der Waals surface area contributed by atoms with E-state index in [-0.39, 0.29) is 53.8 Å². The van der Waals surface area contributed by atoms with Crippen LogP contribution in [0, 0.1) is 17.8 Å². The molecule has 0 radical (unpaired) electrons. The lowest BCUT2D eigenvalue weighted by atomic mass is 9.96. The molecule has 1 aromatic carbocycles. The van der Waals surface area contributed by atoms with Crippen LogP contribution < -0.4 is 16.4 Å². The average Bonchev–Trinajstić information content (AvgIpc) is 3.27. The number of allylic oxidation sites excluding steroid dienone is 2. The predicted molar refractivity (Wildman–Crippen MR) is 157 cm³/mol. The zero-order valence-electron chi connectivity index (χ0n) is 23.5. The van der Waals surface area contributed by atoms with Gasteiger partial charge >= 0.3 is 0 Å². The first-order chi connectivity index (χ1) is 20.0. The van der Waals surface area contributed by atoms with E-state index in [1.807, 2.05) is 9.80 Å². The summed E-state index contributed by atoms with van der Waals surface area (Å²) >= 11 is 6.71. The van der Waals surface area contributed by atoms with Gasteiger partial charge in [-0.25, -0.2) is 17.2 Å². The number of nitrogens with two attached hydrogens (primary N) is 2. The van der Waals surface area contributed by atoms with Crippen molar-refractivity contribution in [1.82, 2.24) is 14.1 Å². The van der Waals surface area contributed by atoms with Crippen LogP contribution >= 0.6 is 11.6 Å². The first-order valence-electron chi connectivity index (χ1n) is 14.9. The van der Waals surface area contributed by atoms with Crippen LogP contribution in [0.15, 0.2) is 52.7 Å². The number of carbonyl (C=O) groups excluding carboxylic acids is 1. The van der Waals surface area contributed by atoms with E-state index in [2.05, 4.69) is 0 Å². The van der Waals surface area contributed by atoms with Crippen molar-refractivity contribution in [1.29, 1.82) is 0 Å². The number of carbonyl (C=O) groups is 1.